The van der Waals surface area contributed by atoms with Crippen LogP contribution in [-0.4, -0.2) is 32.0 Å². The topological polar surface area (TPSA) is 110 Å². The van der Waals surface area contributed by atoms with Gasteiger partial charge in [0.25, 0.3) is 5.69 Å². The van der Waals surface area contributed by atoms with Crippen molar-refractivity contribution in [2.24, 2.45) is 0 Å². The number of rotatable bonds is 8. The Hall–Kier alpha value is -2.94. The maximum atomic E-state index is 12.6. The number of nitrogens with zero attached hydrogens (tertiary/aromatic N) is 2. The minimum Gasteiger partial charge on any atom is -0.348 e. The summed E-state index contributed by atoms with van der Waals surface area (Å²) in [6.07, 6.45) is 1.58. The predicted octanol–water partition coefficient (Wildman–Crippen LogP) is 2.94. The SMILES string of the molecule is CC[C@H](NC(=O)CN(c1cccc([N+](=O)[O-])c1)S(C)(=O)=O)c1ccc(C)cc1. The summed E-state index contributed by atoms with van der Waals surface area (Å²) >= 11 is 0. The van der Waals surface area contributed by atoms with Crippen molar-refractivity contribution in [3.8, 4) is 0 Å². The zero-order valence-corrected chi connectivity index (χ0v) is 16.8. The van der Waals surface area contributed by atoms with Crippen molar-refractivity contribution in [2.45, 2.75) is 26.3 Å². The van der Waals surface area contributed by atoms with Crippen LogP contribution < -0.4 is 9.62 Å². The molecule has 1 amide bonds. The van der Waals surface area contributed by atoms with Crippen LogP contribution in [0.15, 0.2) is 48.5 Å². The Kier molecular flexibility index (Phi) is 6.74. The molecule has 2 aromatic carbocycles. The number of non-ortho nitro benzene ring substituents is 1. The van der Waals surface area contributed by atoms with Crippen molar-refractivity contribution in [3.05, 3.63) is 69.8 Å². The molecule has 1 N–H and O–H groups in total. The summed E-state index contributed by atoms with van der Waals surface area (Å²) in [6.45, 7) is 3.41. The molecule has 9 heteroatoms. The maximum absolute atomic E-state index is 12.6. The molecule has 0 aliphatic rings. The van der Waals surface area contributed by atoms with Gasteiger partial charge in [-0.2, -0.15) is 0 Å². The summed E-state index contributed by atoms with van der Waals surface area (Å²) in [5, 5.41) is 13.8. The molecule has 1 atom stereocenters. The second-order valence-corrected chi connectivity index (χ2v) is 8.39. The minimum atomic E-state index is -3.82. The minimum absolute atomic E-state index is 0.0650. The molecule has 0 aliphatic heterocycles. The first-order chi connectivity index (χ1) is 13.1. The lowest BCUT2D eigenvalue weighted by atomic mass is 10.0. The standard InChI is InChI=1S/C19H23N3O5S/c1-4-18(15-10-8-14(2)9-11-15)20-19(23)13-21(28(3,26)27)16-6-5-7-17(12-16)22(24)25/h5-12,18H,4,13H2,1-3H3,(H,20,23)/t18-/m0/s1. The lowest BCUT2D eigenvalue weighted by Gasteiger charge is -2.24. The van der Waals surface area contributed by atoms with E-state index in [0.717, 1.165) is 27.8 Å². The Morgan fingerprint density at radius 1 is 1.21 bits per heavy atom. The van der Waals surface area contributed by atoms with Crippen molar-refractivity contribution in [2.75, 3.05) is 17.1 Å². The molecule has 0 spiro atoms. The van der Waals surface area contributed by atoms with Gasteiger partial charge in [0.15, 0.2) is 0 Å². The van der Waals surface area contributed by atoms with Crippen LogP contribution in [0.1, 0.15) is 30.5 Å². The Bertz CT molecular complexity index is 958. The van der Waals surface area contributed by atoms with E-state index in [-0.39, 0.29) is 17.4 Å². The number of aryl methyl sites for hydroxylation is 1. The fourth-order valence-corrected chi connectivity index (χ4v) is 3.60. The molecule has 150 valence electrons. The molecular formula is C19H23N3O5S. The first-order valence-electron chi connectivity index (χ1n) is 8.70. The van der Waals surface area contributed by atoms with Gasteiger partial charge in [0, 0.05) is 12.1 Å². The number of anilines is 1. The van der Waals surface area contributed by atoms with Crippen LogP contribution in [-0.2, 0) is 14.8 Å². The zero-order chi connectivity index (χ0) is 20.9. The molecule has 0 unspecified atom stereocenters. The highest BCUT2D eigenvalue weighted by atomic mass is 32.2. The first-order valence-corrected chi connectivity index (χ1v) is 10.5. The zero-order valence-electron chi connectivity index (χ0n) is 16.0. The Balaban J connectivity index is 2.22. The third kappa shape index (κ3) is 5.53. The summed E-state index contributed by atoms with van der Waals surface area (Å²) in [5.41, 5.74) is 1.83. The number of benzene rings is 2. The number of hydrogen-bond acceptors (Lipinski definition) is 5. The van der Waals surface area contributed by atoms with E-state index in [9.17, 15) is 23.3 Å². The number of amides is 1. The number of hydrogen-bond donors (Lipinski definition) is 1. The van der Waals surface area contributed by atoms with Gasteiger partial charge < -0.3 is 5.32 Å². The summed E-state index contributed by atoms with van der Waals surface area (Å²) < 4.78 is 25.2. The van der Waals surface area contributed by atoms with Crippen molar-refractivity contribution >= 4 is 27.3 Å². The van der Waals surface area contributed by atoms with Crippen molar-refractivity contribution in [3.63, 3.8) is 0 Å². The summed E-state index contributed by atoms with van der Waals surface area (Å²) in [7, 11) is -3.82. The van der Waals surface area contributed by atoms with Gasteiger partial charge >= 0.3 is 0 Å². The van der Waals surface area contributed by atoms with Crippen LogP contribution in [0.25, 0.3) is 0 Å². The molecule has 2 aromatic rings. The van der Waals surface area contributed by atoms with Crippen molar-refractivity contribution in [1.29, 1.82) is 0 Å². The van der Waals surface area contributed by atoms with Gasteiger partial charge in [-0.25, -0.2) is 8.42 Å². The Morgan fingerprint density at radius 2 is 1.86 bits per heavy atom. The van der Waals surface area contributed by atoms with Gasteiger partial charge in [0.2, 0.25) is 15.9 Å². The van der Waals surface area contributed by atoms with E-state index in [0.29, 0.717) is 6.42 Å². The monoisotopic (exact) mass is 405 g/mol. The highest BCUT2D eigenvalue weighted by Gasteiger charge is 2.24. The van der Waals surface area contributed by atoms with Crippen molar-refractivity contribution < 1.29 is 18.1 Å². The van der Waals surface area contributed by atoms with Crippen LogP contribution in [0.2, 0.25) is 0 Å². The molecule has 0 heterocycles. The third-order valence-corrected chi connectivity index (χ3v) is 5.38. The largest absolute Gasteiger partial charge is 0.348 e. The molecule has 2 rings (SSSR count). The van der Waals surface area contributed by atoms with E-state index >= 15 is 0 Å². The molecular weight excluding hydrogens is 382 g/mol. The van der Waals surface area contributed by atoms with Crippen LogP contribution in [0.3, 0.4) is 0 Å². The van der Waals surface area contributed by atoms with Gasteiger partial charge in [-0.05, 0) is 25.0 Å². The van der Waals surface area contributed by atoms with Crippen LogP contribution in [0.5, 0.6) is 0 Å². The number of sulfonamides is 1. The van der Waals surface area contributed by atoms with E-state index in [1.807, 2.05) is 38.1 Å². The van der Waals surface area contributed by atoms with Gasteiger partial charge in [-0.3, -0.25) is 19.2 Å². The van der Waals surface area contributed by atoms with E-state index in [1.54, 1.807) is 0 Å². The van der Waals surface area contributed by atoms with E-state index in [2.05, 4.69) is 5.32 Å². The molecule has 0 bridgehead atoms. The quantitative estimate of drug-likeness (QED) is 0.536. The van der Waals surface area contributed by atoms with Crippen molar-refractivity contribution in [1.82, 2.24) is 5.32 Å². The lowest BCUT2D eigenvalue weighted by molar-refractivity contribution is -0.384. The summed E-state index contributed by atoms with van der Waals surface area (Å²) in [5.74, 6) is -0.496. The predicted molar refractivity (Wildman–Crippen MR) is 108 cm³/mol. The molecule has 0 fully saturated rings. The Morgan fingerprint density at radius 3 is 2.39 bits per heavy atom. The average molecular weight is 405 g/mol. The number of nitro groups is 1. The Labute approximate surface area is 164 Å². The van der Waals surface area contributed by atoms with Gasteiger partial charge in [-0.1, -0.05) is 42.8 Å². The number of nitrogens with one attached hydrogen (secondary N) is 1. The molecule has 0 radical (unpaired) electrons. The lowest BCUT2D eigenvalue weighted by Crippen LogP contribution is -2.41. The average Bonchev–Trinajstić information content (AvgIpc) is 2.64. The third-order valence-electron chi connectivity index (χ3n) is 4.24. The number of nitro benzene ring substituents is 1. The number of carbonyl (C=O) groups is 1. The molecule has 0 aromatic heterocycles. The van der Waals surface area contributed by atoms with E-state index < -0.39 is 27.4 Å². The maximum Gasteiger partial charge on any atom is 0.271 e. The molecule has 0 saturated heterocycles. The highest BCUT2D eigenvalue weighted by Crippen LogP contribution is 2.23. The normalized spacial score (nSPS) is 12.2. The van der Waals surface area contributed by atoms with Crippen LogP contribution >= 0.6 is 0 Å². The fraction of sp³-hybridized carbons (Fsp3) is 0.316. The molecule has 0 aliphatic carbocycles. The van der Waals surface area contributed by atoms with E-state index in [1.165, 1.54) is 18.2 Å². The smallest absolute Gasteiger partial charge is 0.271 e. The van der Waals surface area contributed by atoms with Gasteiger partial charge in [-0.15, -0.1) is 0 Å². The second-order valence-electron chi connectivity index (χ2n) is 6.49. The number of carbonyl (C=O) groups excluding carboxylic acids is 1. The van der Waals surface area contributed by atoms with Gasteiger partial charge in [0.1, 0.15) is 6.54 Å². The summed E-state index contributed by atoms with van der Waals surface area (Å²) in [4.78, 5) is 22.9. The highest BCUT2D eigenvalue weighted by molar-refractivity contribution is 7.92. The van der Waals surface area contributed by atoms with Crippen LogP contribution in [0, 0.1) is 17.0 Å². The fourth-order valence-electron chi connectivity index (χ4n) is 2.75. The second kappa shape index (κ2) is 8.83. The van der Waals surface area contributed by atoms with E-state index in [4.69, 9.17) is 0 Å². The molecule has 8 nitrogen and oxygen atoms in total. The summed E-state index contributed by atoms with van der Waals surface area (Å²) in [6, 6.07) is 12.6. The molecule has 0 saturated carbocycles. The van der Waals surface area contributed by atoms with Gasteiger partial charge in [0.05, 0.1) is 22.9 Å². The molecule has 28 heavy (non-hydrogen) atoms. The first kappa shape index (κ1) is 21.4. The van der Waals surface area contributed by atoms with Crippen LogP contribution in [0.4, 0.5) is 11.4 Å².